The van der Waals surface area contributed by atoms with E-state index in [1.807, 2.05) is 0 Å². The summed E-state index contributed by atoms with van der Waals surface area (Å²) < 4.78 is 0. The number of carbonyl (C=O) groups is 3. The molecule has 1 unspecified atom stereocenters. The van der Waals surface area contributed by atoms with Crippen LogP contribution in [0, 0.1) is 5.92 Å². The van der Waals surface area contributed by atoms with Crippen LogP contribution in [0.3, 0.4) is 0 Å². The SMILES string of the molecule is CC(C)C(NC(=O)NCC(N)=O)C(=O)O. The maximum absolute atomic E-state index is 11.1. The predicted molar refractivity (Wildman–Crippen MR) is 52.0 cm³/mol. The van der Waals surface area contributed by atoms with Gasteiger partial charge in [0.2, 0.25) is 5.91 Å². The highest BCUT2D eigenvalue weighted by Gasteiger charge is 2.23. The highest BCUT2D eigenvalue weighted by Crippen LogP contribution is 2.00. The number of carboxylic acid groups (broad SMARTS) is 1. The molecule has 0 aliphatic rings. The normalized spacial score (nSPS) is 11.9. The minimum atomic E-state index is -1.13. The molecule has 0 aliphatic carbocycles. The fraction of sp³-hybridized carbons (Fsp3) is 0.625. The highest BCUT2D eigenvalue weighted by atomic mass is 16.4. The number of nitrogens with one attached hydrogen (secondary N) is 2. The van der Waals surface area contributed by atoms with E-state index in [-0.39, 0.29) is 12.5 Å². The summed E-state index contributed by atoms with van der Waals surface area (Å²) in [7, 11) is 0. The highest BCUT2D eigenvalue weighted by molar-refractivity contribution is 5.86. The van der Waals surface area contributed by atoms with Crippen molar-refractivity contribution in [2.24, 2.45) is 11.7 Å². The van der Waals surface area contributed by atoms with Crippen LogP contribution in [0.1, 0.15) is 13.8 Å². The molecule has 0 aliphatic heterocycles. The van der Waals surface area contributed by atoms with E-state index in [1.54, 1.807) is 13.8 Å². The molecular weight excluding hydrogens is 202 g/mol. The maximum Gasteiger partial charge on any atom is 0.326 e. The number of hydrogen-bond donors (Lipinski definition) is 4. The van der Waals surface area contributed by atoms with Crippen molar-refractivity contribution in [1.82, 2.24) is 10.6 Å². The van der Waals surface area contributed by atoms with E-state index in [1.165, 1.54) is 0 Å². The zero-order chi connectivity index (χ0) is 12.0. The van der Waals surface area contributed by atoms with E-state index in [2.05, 4.69) is 10.6 Å². The van der Waals surface area contributed by atoms with E-state index in [4.69, 9.17) is 10.8 Å². The summed E-state index contributed by atoms with van der Waals surface area (Å²) in [6.45, 7) is 3.00. The van der Waals surface area contributed by atoms with Gasteiger partial charge in [-0.2, -0.15) is 0 Å². The summed E-state index contributed by atoms with van der Waals surface area (Å²) in [6.07, 6.45) is 0. The topological polar surface area (TPSA) is 122 Å². The van der Waals surface area contributed by atoms with Crippen molar-refractivity contribution in [3.05, 3.63) is 0 Å². The van der Waals surface area contributed by atoms with Crippen LogP contribution in [0.2, 0.25) is 0 Å². The Bertz CT molecular complexity index is 265. The lowest BCUT2D eigenvalue weighted by Crippen LogP contribution is -2.50. The molecule has 0 saturated heterocycles. The van der Waals surface area contributed by atoms with Crippen LogP contribution in [0.5, 0.6) is 0 Å². The second-order valence-corrected chi connectivity index (χ2v) is 3.35. The van der Waals surface area contributed by atoms with Gasteiger partial charge in [-0.05, 0) is 5.92 Å². The van der Waals surface area contributed by atoms with E-state index in [9.17, 15) is 14.4 Å². The van der Waals surface area contributed by atoms with Crippen LogP contribution >= 0.6 is 0 Å². The van der Waals surface area contributed by atoms with Crippen molar-refractivity contribution in [1.29, 1.82) is 0 Å². The molecule has 0 bridgehead atoms. The number of carboxylic acids is 1. The Kier molecular flexibility index (Phi) is 5.14. The number of nitrogens with two attached hydrogens (primary N) is 1. The number of aliphatic carboxylic acids is 1. The van der Waals surface area contributed by atoms with Gasteiger partial charge >= 0.3 is 12.0 Å². The van der Waals surface area contributed by atoms with Crippen molar-refractivity contribution in [2.75, 3.05) is 6.54 Å². The van der Waals surface area contributed by atoms with Gasteiger partial charge in [-0.1, -0.05) is 13.8 Å². The van der Waals surface area contributed by atoms with Crippen LogP contribution in [0.15, 0.2) is 0 Å². The van der Waals surface area contributed by atoms with Crippen LogP contribution in [-0.4, -0.2) is 35.6 Å². The van der Waals surface area contributed by atoms with Crippen LogP contribution in [-0.2, 0) is 9.59 Å². The van der Waals surface area contributed by atoms with Crippen molar-refractivity contribution < 1.29 is 19.5 Å². The third-order valence-corrected chi connectivity index (χ3v) is 1.64. The van der Waals surface area contributed by atoms with E-state index >= 15 is 0 Å². The fourth-order valence-electron chi connectivity index (χ4n) is 0.873. The van der Waals surface area contributed by atoms with Gasteiger partial charge in [0.25, 0.3) is 0 Å². The first-order valence-corrected chi connectivity index (χ1v) is 4.40. The lowest BCUT2D eigenvalue weighted by Gasteiger charge is -2.17. The average molecular weight is 217 g/mol. The second-order valence-electron chi connectivity index (χ2n) is 3.35. The Morgan fingerprint density at radius 2 is 1.87 bits per heavy atom. The summed E-state index contributed by atoms with van der Waals surface area (Å²) in [5.74, 6) is -2.07. The van der Waals surface area contributed by atoms with Gasteiger partial charge in [0.15, 0.2) is 0 Å². The summed E-state index contributed by atoms with van der Waals surface area (Å²) >= 11 is 0. The maximum atomic E-state index is 11.1. The smallest absolute Gasteiger partial charge is 0.326 e. The molecule has 0 radical (unpaired) electrons. The lowest BCUT2D eigenvalue weighted by atomic mass is 10.1. The molecule has 0 aromatic carbocycles. The van der Waals surface area contributed by atoms with Crippen LogP contribution < -0.4 is 16.4 Å². The number of amides is 3. The van der Waals surface area contributed by atoms with Crippen molar-refractivity contribution in [3.63, 3.8) is 0 Å². The van der Waals surface area contributed by atoms with Gasteiger partial charge < -0.3 is 21.5 Å². The van der Waals surface area contributed by atoms with Gasteiger partial charge in [0.1, 0.15) is 6.04 Å². The molecule has 86 valence electrons. The van der Waals surface area contributed by atoms with Crippen LogP contribution in [0.4, 0.5) is 4.79 Å². The fourth-order valence-corrected chi connectivity index (χ4v) is 0.873. The Hall–Kier alpha value is -1.79. The summed E-state index contributed by atoms with van der Waals surface area (Å²) in [6, 6.07) is -1.72. The monoisotopic (exact) mass is 217 g/mol. The van der Waals surface area contributed by atoms with Gasteiger partial charge in [0.05, 0.1) is 6.54 Å². The Balaban J connectivity index is 4.12. The molecule has 0 rings (SSSR count). The molecule has 1 atom stereocenters. The number of rotatable bonds is 5. The molecule has 0 heterocycles. The summed E-state index contributed by atoms with van der Waals surface area (Å²) in [4.78, 5) is 32.1. The lowest BCUT2D eigenvalue weighted by molar-refractivity contribution is -0.140. The third kappa shape index (κ3) is 5.50. The molecule has 7 nitrogen and oxygen atoms in total. The van der Waals surface area contributed by atoms with E-state index in [0.717, 1.165) is 0 Å². The molecular formula is C8H15N3O4. The van der Waals surface area contributed by atoms with Crippen molar-refractivity contribution in [3.8, 4) is 0 Å². The standard InChI is InChI=1S/C8H15N3O4/c1-4(2)6(7(13)14)11-8(15)10-3-5(9)12/h4,6H,3H2,1-2H3,(H2,9,12)(H,13,14)(H2,10,11,15). The Labute approximate surface area is 87.0 Å². The Morgan fingerprint density at radius 1 is 1.33 bits per heavy atom. The molecule has 7 heteroatoms. The molecule has 5 N–H and O–H groups in total. The minimum absolute atomic E-state index is 0.248. The first-order chi connectivity index (χ1) is 6.84. The largest absolute Gasteiger partial charge is 0.480 e. The minimum Gasteiger partial charge on any atom is -0.480 e. The molecule has 0 fully saturated rings. The van der Waals surface area contributed by atoms with Crippen molar-refractivity contribution in [2.45, 2.75) is 19.9 Å². The van der Waals surface area contributed by atoms with Crippen molar-refractivity contribution >= 4 is 17.9 Å². The first kappa shape index (κ1) is 13.2. The summed E-state index contributed by atoms with van der Waals surface area (Å²) in [5.41, 5.74) is 4.79. The van der Waals surface area contributed by atoms with E-state index in [0.29, 0.717) is 0 Å². The number of carbonyl (C=O) groups excluding carboxylic acids is 2. The van der Waals surface area contributed by atoms with Gasteiger partial charge in [-0.25, -0.2) is 9.59 Å². The zero-order valence-electron chi connectivity index (χ0n) is 8.61. The predicted octanol–water partition coefficient (Wildman–Crippen LogP) is -1.12. The average Bonchev–Trinajstić information content (AvgIpc) is 2.09. The number of primary amides is 1. The van der Waals surface area contributed by atoms with Crippen LogP contribution in [0.25, 0.3) is 0 Å². The molecule has 0 saturated carbocycles. The van der Waals surface area contributed by atoms with Gasteiger partial charge in [-0.15, -0.1) is 0 Å². The number of urea groups is 1. The molecule has 3 amide bonds. The first-order valence-electron chi connectivity index (χ1n) is 4.40. The quantitative estimate of drug-likeness (QED) is 0.466. The molecule has 0 aromatic heterocycles. The second kappa shape index (κ2) is 5.84. The van der Waals surface area contributed by atoms with Gasteiger partial charge in [0, 0.05) is 0 Å². The summed E-state index contributed by atoms with van der Waals surface area (Å²) in [5, 5.41) is 13.1. The number of hydrogen-bond acceptors (Lipinski definition) is 3. The molecule has 0 spiro atoms. The Morgan fingerprint density at radius 3 is 2.20 bits per heavy atom. The zero-order valence-corrected chi connectivity index (χ0v) is 8.61. The van der Waals surface area contributed by atoms with Gasteiger partial charge in [-0.3, -0.25) is 4.79 Å². The molecule has 0 aromatic rings. The molecule has 15 heavy (non-hydrogen) atoms. The third-order valence-electron chi connectivity index (χ3n) is 1.64. The van der Waals surface area contributed by atoms with E-state index < -0.39 is 23.9 Å².